The zero-order valence-electron chi connectivity index (χ0n) is 17.1. The highest BCUT2D eigenvalue weighted by molar-refractivity contribution is 5.95. The maximum absolute atomic E-state index is 13.2. The number of piperidine rings is 1. The molecule has 1 heterocycles. The molecule has 0 bridgehead atoms. The van der Waals surface area contributed by atoms with Crippen LogP contribution in [0.3, 0.4) is 0 Å². The third kappa shape index (κ3) is 6.56. The second kappa shape index (κ2) is 11.8. The van der Waals surface area contributed by atoms with Crippen LogP contribution in [0.25, 0.3) is 0 Å². The van der Waals surface area contributed by atoms with Gasteiger partial charge in [-0.2, -0.15) is 0 Å². The molecule has 1 aliphatic rings. The monoisotopic (exact) mass is 413 g/mol. The van der Waals surface area contributed by atoms with Crippen molar-refractivity contribution in [3.8, 4) is 11.5 Å². The molecule has 0 aromatic heterocycles. The fourth-order valence-electron chi connectivity index (χ4n) is 3.35. The number of benzene rings is 1. The van der Waals surface area contributed by atoms with Crippen LogP contribution in [0.4, 0.5) is 0 Å². The fourth-order valence-corrected chi connectivity index (χ4v) is 3.35. The van der Waals surface area contributed by atoms with Crippen LogP contribution in [-0.2, 0) is 4.79 Å². The normalized spacial score (nSPS) is 16.1. The summed E-state index contributed by atoms with van der Waals surface area (Å²) in [5.41, 5.74) is 0.574. The van der Waals surface area contributed by atoms with Gasteiger partial charge in [0.25, 0.3) is 5.91 Å². The van der Waals surface area contributed by atoms with E-state index in [-0.39, 0.29) is 36.3 Å². The first-order valence-electron chi connectivity index (χ1n) is 9.52. The van der Waals surface area contributed by atoms with E-state index in [1.165, 1.54) is 6.92 Å². The van der Waals surface area contributed by atoms with Gasteiger partial charge in [0.1, 0.15) is 6.61 Å². The standard InChI is InChI=1S/C20H31N3O4.ClH/c1-14(2)23(17-6-5-9-21-13-17)20(25)16-7-8-18(26-4)19(12-16)27-11-10-22-15(3)24;/h7-8,12,14,17,21H,5-6,9-11,13H2,1-4H3,(H,22,24);1H/t17-;/m1./s1. The van der Waals surface area contributed by atoms with Crippen LogP contribution < -0.4 is 20.1 Å². The van der Waals surface area contributed by atoms with Crippen molar-refractivity contribution in [1.82, 2.24) is 15.5 Å². The minimum atomic E-state index is -0.108. The quantitative estimate of drug-likeness (QED) is 0.639. The van der Waals surface area contributed by atoms with E-state index in [9.17, 15) is 9.59 Å². The number of rotatable bonds is 8. The van der Waals surface area contributed by atoms with Crippen LogP contribution >= 0.6 is 12.4 Å². The van der Waals surface area contributed by atoms with Gasteiger partial charge in [-0.15, -0.1) is 12.4 Å². The van der Waals surface area contributed by atoms with Gasteiger partial charge in [0.2, 0.25) is 5.91 Å². The molecule has 0 unspecified atom stereocenters. The Morgan fingerprint density at radius 1 is 1.32 bits per heavy atom. The Bertz CT molecular complexity index is 648. The van der Waals surface area contributed by atoms with Gasteiger partial charge in [-0.25, -0.2) is 0 Å². The molecule has 1 fully saturated rings. The number of ether oxygens (including phenoxy) is 2. The van der Waals surface area contributed by atoms with Crippen molar-refractivity contribution < 1.29 is 19.1 Å². The molecule has 2 N–H and O–H groups in total. The molecule has 158 valence electrons. The Morgan fingerprint density at radius 3 is 2.64 bits per heavy atom. The van der Waals surface area contributed by atoms with Gasteiger partial charge in [0.15, 0.2) is 11.5 Å². The second-order valence-electron chi connectivity index (χ2n) is 7.00. The van der Waals surface area contributed by atoms with Crippen LogP contribution in [0.1, 0.15) is 44.0 Å². The number of carbonyl (C=O) groups is 2. The van der Waals surface area contributed by atoms with Crippen molar-refractivity contribution in [3.63, 3.8) is 0 Å². The molecular formula is C20H32ClN3O4. The van der Waals surface area contributed by atoms with Gasteiger partial charge in [-0.1, -0.05) is 0 Å². The van der Waals surface area contributed by atoms with Crippen molar-refractivity contribution in [2.24, 2.45) is 0 Å². The van der Waals surface area contributed by atoms with E-state index in [1.807, 2.05) is 18.7 Å². The van der Waals surface area contributed by atoms with E-state index < -0.39 is 0 Å². The summed E-state index contributed by atoms with van der Waals surface area (Å²) in [6, 6.07) is 5.54. The molecule has 1 aromatic rings. The molecule has 8 heteroatoms. The molecule has 1 atom stereocenters. The molecule has 0 radical (unpaired) electrons. The zero-order valence-corrected chi connectivity index (χ0v) is 17.9. The molecular weight excluding hydrogens is 382 g/mol. The molecule has 2 amide bonds. The zero-order chi connectivity index (χ0) is 19.8. The Labute approximate surface area is 173 Å². The summed E-state index contributed by atoms with van der Waals surface area (Å²) >= 11 is 0. The SMILES string of the molecule is COc1ccc(C(=O)N(C(C)C)[C@@H]2CCCNC2)cc1OCCNC(C)=O.Cl. The summed E-state index contributed by atoms with van der Waals surface area (Å²) in [6.07, 6.45) is 2.08. The minimum absolute atomic E-state index is 0. The van der Waals surface area contributed by atoms with Gasteiger partial charge >= 0.3 is 0 Å². The van der Waals surface area contributed by atoms with Crippen molar-refractivity contribution in [2.75, 3.05) is 33.4 Å². The smallest absolute Gasteiger partial charge is 0.254 e. The first-order valence-corrected chi connectivity index (χ1v) is 9.52. The maximum Gasteiger partial charge on any atom is 0.254 e. The number of methoxy groups -OCH3 is 1. The molecule has 0 saturated carbocycles. The van der Waals surface area contributed by atoms with E-state index in [2.05, 4.69) is 10.6 Å². The highest BCUT2D eigenvalue weighted by Crippen LogP contribution is 2.29. The van der Waals surface area contributed by atoms with Gasteiger partial charge in [0.05, 0.1) is 13.7 Å². The van der Waals surface area contributed by atoms with Gasteiger partial charge in [0, 0.05) is 31.1 Å². The number of nitrogens with one attached hydrogen (secondary N) is 2. The summed E-state index contributed by atoms with van der Waals surface area (Å²) in [4.78, 5) is 26.1. The Morgan fingerprint density at radius 2 is 2.07 bits per heavy atom. The van der Waals surface area contributed by atoms with Crippen LogP contribution in [-0.4, -0.2) is 62.1 Å². The van der Waals surface area contributed by atoms with E-state index in [1.54, 1.807) is 25.3 Å². The van der Waals surface area contributed by atoms with Crippen molar-refractivity contribution in [3.05, 3.63) is 23.8 Å². The average Bonchev–Trinajstić information content (AvgIpc) is 2.65. The summed E-state index contributed by atoms with van der Waals surface area (Å²) < 4.78 is 11.1. The van der Waals surface area contributed by atoms with Crippen molar-refractivity contribution in [1.29, 1.82) is 0 Å². The summed E-state index contributed by atoms with van der Waals surface area (Å²) in [5, 5.41) is 6.06. The third-order valence-corrected chi connectivity index (χ3v) is 4.60. The number of carbonyl (C=O) groups excluding carboxylic acids is 2. The van der Waals surface area contributed by atoms with E-state index in [0.717, 1.165) is 25.9 Å². The highest BCUT2D eigenvalue weighted by atomic mass is 35.5. The lowest BCUT2D eigenvalue weighted by molar-refractivity contribution is -0.119. The fraction of sp³-hybridized carbons (Fsp3) is 0.600. The molecule has 0 aliphatic carbocycles. The van der Waals surface area contributed by atoms with Gasteiger partial charge < -0.3 is 25.0 Å². The average molecular weight is 414 g/mol. The van der Waals surface area contributed by atoms with E-state index >= 15 is 0 Å². The topological polar surface area (TPSA) is 79.9 Å². The molecule has 2 rings (SSSR count). The number of hydrogen-bond donors (Lipinski definition) is 2. The summed E-state index contributed by atoms with van der Waals surface area (Å²) in [6.45, 7) is 8.06. The first-order chi connectivity index (χ1) is 12.9. The van der Waals surface area contributed by atoms with E-state index in [4.69, 9.17) is 9.47 Å². The molecule has 1 aliphatic heterocycles. The van der Waals surface area contributed by atoms with Crippen LogP contribution in [0.15, 0.2) is 18.2 Å². The molecule has 7 nitrogen and oxygen atoms in total. The van der Waals surface area contributed by atoms with Crippen LogP contribution in [0, 0.1) is 0 Å². The Kier molecular flexibility index (Phi) is 10.1. The Hall–Kier alpha value is -1.99. The predicted molar refractivity (Wildman–Crippen MR) is 112 cm³/mol. The number of hydrogen-bond acceptors (Lipinski definition) is 5. The van der Waals surface area contributed by atoms with Crippen molar-refractivity contribution >= 4 is 24.2 Å². The van der Waals surface area contributed by atoms with Crippen LogP contribution in [0.5, 0.6) is 11.5 Å². The Balaban J connectivity index is 0.00000392. The number of nitrogens with zero attached hydrogens (tertiary/aromatic N) is 1. The first kappa shape index (κ1) is 24.0. The number of halogens is 1. The van der Waals surface area contributed by atoms with Gasteiger partial charge in [-0.3, -0.25) is 9.59 Å². The van der Waals surface area contributed by atoms with E-state index in [0.29, 0.717) is 30.2 Å². The maximum atomic E-state index is 13.2. The highest BCUT2D eigenvalue weighted by Gasteiger charge is 2.28. The lowest BCUT2D eigenvalue weighted by Crippen LogP contribution is -2.51. The predicted octanol–water partition coefficient (Wildman–Crippen LogP) is 2.23. The largest absolute Gasteiger partial charge is 0.493 e. The lowest BCUT2D eigenvalue weighted by atomic mass is 10.0. The minimum Gasteiger partial charge on any atom is -0.493 e. The summed E-state index contributed by atoms with van der Waals surface area (Å²) in [5.74, 6) is 0.945. The number of amides is 2. The molecule has 1 aromatic carbocycles. The molecule has 1 saturated heterocycles. The van der Waals surface area contributed by atoms with Crippen molar-refractivity contribution in [2.45, 2.75) is 45.7 Å². The second-order valence-corrected chi connectivity index (χ2v) is 7.00. The van der Waals surface area contributed by atoms with Crippen LogP contribution in [0.2, 0.25) is 0 Å². The summed E-state index contributed by atoms with van der Waals surface area (Å²) in [7, 11) is 1.56. The third-order valence-electron chi connectivity index (χ3n) is 4.60. The molecule has 0 spiro atoms. The van der Waals surface area contributed by atoms with Gasteiger partial charge in [-0.05, 0) is 51.4 Å². The lowest BCUT2D eigenvalue weighted by Gasteiger charge is -2.37. The molecule has 28 heavy (non-hydrogen) atoms.